The van der Waals surface area contributed by atoms with Gasteiger partial charge in [0.1, 0.15) is 18.2 Å². The van der Waals surface area contributed by atoms with Crippen molar-refractivity contribution >= 4 is 23.9 Å². The summed E-state index contributed by atoms with van der Waals surface area (Å²) in [6.07, 6.45) is 1.24. The van der Waals surface area contributed by atoms with E-state index in [1.54, 1.807) is 20.8 Å². The SMILES string of the molecule is C=CCOC(=O)C1=C(C(=O)OCCC)CN2C[C@@H](NC(=O)OC(C)(C)C)C(=O)N12. The lowest BCUT2D eigenvalue weighted by Crippen LogP contribution is -2.45. The Morgan fingerprint density at radius 2 is 1.93 bits per heavy atom. The Bertz CT molecular complexity index is 739. The van der Waals surface area contributed by atoms with Gasteiger partial charge < -0.3 is 19.5 Å². The van der Waals surface area contributed by atoms with E-state index in [0.717, 1.165) is 5.01 Å². The van der Waals surface area contributed by atoms with Crippen molar-refractivity contribution < 1.29 is 33.4 Å². The molecule has 2 aliphatic heterocycles. The molecule has 0 aromatic carbocycles. The van der Waals surface area contributed by atoms with Crippen LogP contribution < -0.4 is 5.32 Å². The van der Waals surface area contributed by atoms with E-state index >= 15 is 0 Å². The van der Waals surface area contributed by atoms with Crippen molar-refractivity contribution in [1.29, 1.82) is 0 Å². The van der Waals surface area contributed by atoms with Gasteiger partial charge in [0, 0.05) is 6.54 Å². The number of hydrogen-bond acceptors (Lipinski definition) is 8. The number of rotatable bonds is 7. The van der Waals surface area contributed by atoms with Crippen LogP contribution in [0.2, 0.25) is 0 Å². The van der Waals surface area contributed by atoms with Crippen LogP contribution in [0.4, 0.5) is 4.79 Å². The second kappa shape index (κ2) is 9.08. The van der Waals surface area contributed by atoms with Crippen molar-refractivity contribution in [2.75, 3.05) is 26.3 Å². The highest BCUT2D eigenvalue weighted by Gasteiger charge is 2.50. The molecule has 1 atom stereocenters. The summed E-state index contributed by atoms with van der Waals surface area (Å²) in [5.74, 6) is -2.10. The summed E-state index contributed by atoms with van der Waals surface area (Å²) in [5, 5.41) is 5.04. The first-order valence-electron chi connectivity index (χ1n) is 9.35. The second-order valence-corrected chi connectivity index (χ2v) is 7.55. The molecule has 0 unspecified atom stereocenters. The first-order valence-corrected chi connectivity index (χ1v) is 9.35. The Balaban J connectivity index is 2.22. The van der Waals surface area contributed by atoms with Crippen LogP contribution in [0.1, 0.15) is 34.1 Å². The predicted molar refractivity (Wildman–Crippen MR) is 101 cm³/mol. The molecule has 29 heavy (non-hydrogen) atoms. The molecular formula is C19H27N3O7. The summed E-state index contributed by atoms with van der Waals surface area (Å²) in [5.41, 5.74) is -0.888. The van der Waals surface area contributed by atoms with Crippen molar-refractivity contribution in [2.45, 2.75) is 45.8 Å². The molecule has 0 aromatic heterocycles. The van der Waals surface area contributed by atoms with Crippen molar-refractivity contribution in [3.8, 4) is 0 Å². The van der Waals surface area contributed by atoms with Gasteiger partial charge in [-0.1, -0.05) is 19.6 Å². The van der Waals surface area contributed by atoms with E-state index in [1.807, 2.05) is 6.92 Å². The number of esters is 2. The molecule has 0 saturated carbocycles. The van der Waals surface area contributed by atoms with E-state index in [4.69, 9.17) is 14.2 Å². The predicted octanol–water partition coefficient (Wildman–Crippen LogP) is 0.889. The third kappa shape index (κ3) is 5.35. The second-order valence-electron chi connectivity index (χ2n) is 7.55. The normalized spacial score (nSPS) is 19.1. The number of ether oxygens (including phenoxy) is 3. The number of nitrogens with one attached hydrogen (secondary N) is 1. The van der Waals surface area contributed by atoms with Crippen molar-refractivity contribution in [3.63, 3.8) is 0 Å². The first kappa shape index (κ1) is 22.4. The minimum Gasteiger partial charge on any atom is -0.462 e. The smallest absolute Gasteiger partial charge is 0.408 e. The third-order valence-electron chi connectivity index (χ3n) is 3.92. The molecule has 2 aliphatic rings. The third-order valence-corrected chi connectivity index (χ3v) is 3.92. The van der Waals surface area contributed by atoms with Gasteiger partial charge in [0.05, 0.1) is 18.7 Å². The van der Waals surface area contributed by atoms with E-state index in [9.17, 15) is 19.2 Å². The van der Waals surface area contributed by atoms with Crippen molar-refractivity contribution in [3.05, 3.63) is 23.9 Å². The fourth-order valence-corrected chi connectivity index (χ4v) is 2.84. The van der Waals surface area contributed by atoms with E-state index in [0.29, 0.717) is 6.42 Å². The average Bonchev–Trinajstić information content (AvgIpc) is 3.13. The van der Waals surface area contributed by atoms with Gasteiger partial charge in [-0.15, -0.1) is 0 Å². The maximum Gasteiger partial charge on any atom is 0.408 e. The Kier molecular flexibility index (Phi) is 7.02. The van der Waals surface area contributed by atoms with Gasteiger partial charge in [0.2, 0.25) is 0 Å². The molecule has 1 fully saturated rings. The molecule has 2 rings (SSSR count). The molecule has 2 heterocycles. The zero-order chi connectivity index (χ0) is 21.8. The van der Waals surface area contributed by atoms with Gasteiger partial charge in [-0.3, -0.25) is 4.79 Å². The fraction of sp³-hybridized carbons (Fsp3) is 0.579. The highest BCUT2D eigenvalue weighted by atomic mass is 16.6. The summed E-state index contributed by atoms with van der Waals surface area (Å²) in [6, 6.07) is -0.930. The van der Waals surface area contributed by atoms with Crippen LogP contribution in [0.15, 0.2) is 23.9 Å². The van der Waals surface area contributed by atoms with Crippen LogP contribution in [0.5, 0.6) is 0 Å². The number of carbonyl (C=O) groups is 4. The quantitative estimate of drug-likeness (QED) is 0.375. The topological polar surface area (TPSA) is 114 Å². The fourth-order valence-electron chi connectivity index (χ4n) is 2.84. The van der Waals surface area contributed by atoms with E-state index in [-0.39, 0.29) is 37.6 Å². The summed E-state index contributed by atoms with van der Waals surface area (Å²) in [4.78, 5) is 49.8. The lowest BCUT2D eigenvalue weighted by Gasteiger charge is -2.21. The van der Waals surface area contributed by atoms with E-state index in [2.05, 4.69) is 11.9 Å². The first-order chi connectivity index (χ1) is 13.6. The van der Waals surface area contributed by atoms with Gasteiger partial charge >= 0.3 is 18.0 Å². The number of hydrogen-bond donors (Lipinski definition) is 1. The number of carbonyl (C=O) groups excluding carboxylic acids is 4. The van der Waals surface area contributed by atoms with Gasteiger partial charge in [-0.05, 0) is 27.2 Å². The van der Waals surface area contributed by atoms with Crippen LogP contribution in [0.3, 0.4) is 0 Å². The minimum absolute atomic E-state index is 0.0146. The lowest BCUT2D eigenvalue weighted by atomic mass is 10.2. The monoisotopic (exact) mass is 409 g/mol. The standard InChI is InChI=1S/C19H27N3O7/c1-6-8-27-16(24)12-10-21-11-13(20-18(26)29-19(3,4)5)15(23)22(21)14(12)17(25)28-9-7-2/h7,13H,2,6,8-11H2,1,3-5H3,(H,20,26)/t13-/m1/s1. The van der Waals surface area contributed by atoms with Crippen LogP contribution in [0, 0.1) is 0 Å². The molecular weight excluding hydrogens is 382 g/mol. The van der Waals surface area contributed by atoms with Crippen molar-refractivity contribution in [1.82, 2.24) is 15.3 Å². The zero-order valence-corrected chi connectivity index (χ0v) is 17.1. The molecule has 0 aromatic rings. The number of alkyl carbamates (subject to hydrolysis) is 1. The van der Waals surface area contributed by atoms with Gasteiger partial charge in [-0.25, -0.2) is 24.4 Å². The molecule has 1 saturated heterocycles. The Labute approximate surface area is 169 Å². The highest BCUT2D eigenvalue weighted by molar-refractivity contribution is 6.05. The Morgan fingerprint density at radius 3 is 2.52 bits per heavy atom. The molecule has 0 radical (unpaired) electrons. The summed E-state index contributed by atoms with van der Waals surface area (Å²) in [6.45, 7) is 10.6. The maximum atomic E-state index is 12.9. The van der Waals surface area contributed by atoms with Crippen LogP contribution in [-0.2, 0) is 28.6 Å². The largest absolute Gasteiger partial charge is 0.462 e. The van der Waals surface area contributed by atoms with Crippen LogP contribution in [0.25, 0.3) is 0 Å². The molecule has 2 amide bonds. The Hall–Kier alpha value is -2.88. The van der Waals surface area contributed by atoms with E-state index < -0.39 is 35.6 Å². The van der Waals surface area contributed by atoms with Crippen LogP contribution >= 0.6 is 0 Å². The summed E-state index contributed by atoms with van der Waals surface area (Å²) in [7, 11) is 0. The molecule has 10 nitrogen and oxygen atoms in total. The number of nitrogens with zero attached hydrogens (tertiary/aromatic N) is 2. The minimum atomic E-state index is -0.930. The number of fused-ring (bicyclic) bond motifs is 1. The van der Waals surface area contributed by atoms with Gasteiger partial charge in [0.15, 0.2) is 5.70 Å². The molecule has 10 heteroatoms. The van der Waals surface area contributed by atoms with Crippen LogP contribution in [-0.4, -0.2) is 71.9 Å². The Morgan fingerprint density at radius 1 is 1.24 bits per heavy atom. The average molecular weight is 409 g/mol. The zero-order valence-electron chi connectivity index (χ0n) is 17.1. The summed E-state index contributed by atoms with van der Waals surface area (Å²) >= 11 is 0. The molecule has 160 valence electrons. The highest BCUT2D eigenvalue weighted by Crippen LogP contribution is 2.31. The number of hydrazine groups is 1. The molecule has 1 N–H and O–H groups in total. The van der Waals surface area contributed by atoms with Crippen molar-refractivity contribution in [2.24, 2.45) is 0 Å². The number of amides is 2. The molecule has 0 spiro atoms. The molecule has 0 bridgehead atoms. The van der Waals surface area contributed by atoms with Gasteiger partial charge in [-0.2, -0.15) is 0 Å². The molecule has 0 aliphatic carbocycles. The van der Waals surface area contributed by atoms with Gasteiger partial charge in [0.25, 0.3) is 5.91 Å². The van der Waals surface area contributed by atoms with E-state index in [1.165, 1.54) is 11.1 Å². The summed E-state index contributed by atoms with van der Waals surface area (Å²) < 4.78 is 15.3. The lowest BCUT2D eigenvalue weighted by molar-refractivity contribution is -0.146. The maximum absolute atomic E-state index is 12.9.